The van der Waals surface area contributed by atoms with Crippen molar-refractivity contribution in [2.75, 3.05) is 5.43 Å². The molecule has 7 nitrogen and oxygen atoms in total. The van der Waals surface area contributed by atoms with Crippen molar-refractivity contribution in [3.05, 3.63) is 63.2 Å². The van der Waals surface area contributed by atoms with Gasteiger partial charge in [-0.05, 0) is 24.3 Å². The number of nitrogens with one attached hydrogen (secondary N) is 1. The van der Waals surface area contributed by atoms with Crippen molar-refractivity contribution in [3.8, 4) is 0 Å². The van der Waals surface area contributed by atoms with E-state index in [1.807, 2.05) is 12.1 Å². The van der Waals surface area contributed by atoms with Gasteiger partial charge in [0.05, 0.1) is 28.1 Å². The third kappa shape index (κ3) is 6.55. The maximum absolute atomic E-state index is 8.47. The molecule has 0 amide bonds. The fourth-order valence-corrected chi connectivity index (χ4v) is 1.73. The molecule has 0 aliphatic carbocycles. The molecule has 21 heavy (non-hydrogen) atoms. The lowest BCUT2D eigenvalue weighted by Crippen LogP contribution is -1.92. The summed E-state index contributed by atoms with van der Waals surface area (Å²) in [4.78, 5) is 12.4. The van der Waals surface area contributed by atoms with Gasteiger partial charge in [0.25, 0.3) is 0 Å². The van der Waals surface area contributed by atoms with E-state index in [0.717, 1.165) is 5.69 Å². The lowest BCUT2D eigenvalue weighted by molar-refractivity contribution is -0.969. The van der Waals surface area contributed by atoms with Crippen LogP contribution in [0, 0.1) is 4.91 Å². The third-order valence-electron chi connectivity index (χ3n) is 2.05. The minimum Gasteiger partial charge on any atom is -0.277 e. The van der Waals surface area contributed by atoms with Gasteiger partial charge in [-0.2, -0.15) is 5.10 Å². The molecule has 0 radical (unpaired) electrons. The Morgan fingerprint density at radius 1 is 1.19 bits per heavy atom. The van der Waals surface area contributed by atoms with Crippen LogP contribution in [0.5, 0.6) is 0 Å². The Morgan fingerprint density at radius 3 is 2.33 bits per heavy atom. The van der Waals surface area contributed by atoms with Gasteiger partial charge < -0.3 is 0 Å². The summed E-state index contributed by atoms with van der Waals surface area (Å²) < 4.78 is 0. The van der Waals surface area contributed by atoms with E-state index < -0.39 is 5.09 Å². The highest BCUT2D eigenvalue weighted by Gasteiger charge is 2.01. The molecule has 1 heterocycles. The molecule has 9 heteroatoms. The summed E-state index contributed by atoms with van der Waals surface area (Å²) >= 11 is 12.0. The first kappa shape index (κ1) is 16.7. The van der Waals surface area contributed by atoms with Gasteiger partial charge in [0, 0.05) is 11.8 Å². The van der Waals surface area contributed by atoms with Crippen molar-refractivity contribution in [2.45, 2.75) is 0 Å². The maximum Gasteiger partial charge on any atom is 0.472 e. The van der Waals surface area contributed by atoms with Crippen molar-refractivity contribution in [2.24, 2.45) is 5.10 Å². The first-order valence-corrected chi connectivity index (χ1v) is 6.24. The molecule has 2 rings (SSSR count). The van der Waals surface area contributed by atoms with Gasteiger partial charge in [0.2, 0.25) is 0 Å². The van der Waals surface area contributed by atoms with Crippen molar-refractivity contribution < 1.29 is 15.5 Å². The summed E-state index contributed by atoms with van der Waals surface area (Å²) in [5.74, 6) is 0. The number of hydrazone groups is 1. The Hall–Kier alpha value is -2.38. The lowest BCUT2D eigenvalue weighted by atomic mass is 10.2. The zero-order valence-corrected chi connectivity index (χ0v) is 12.0. The van der Waals surface area contributed by atoms with E-state index in [-0.39, 0.29) is 0 Å². The molecule has 1 aromatic heterocycles. The molecule has 0 atom stereocenters. The van der Waals surface area contributed by atoms with E-state index in [0.29, 0.717) is 15.6 Å². The van der Waals surface area contributed by atoms with Crippen LogP contribution in [-0.4, -0.2) is 26.7 Å². The molecule has 0 spiro atoms. The van der Waals surface area contributed by atoms with Crippen molar-refractivity contribution in [1.82, 2.24) is 4.98 Å². The fraction of sp³-hybridized carbons (Fsp3) is 0. The van der Waals surface area contributed by atoms with Crippen LogP contribution in [0.3, 0.4) is 0 Å². The van der Waals surface area contributed by atoms with Crippen LogP contribution in [0.1, 0.15) is 5.56 Å². The second-order valence-electron chi connectivity index (χ2n) is 3.50. The predicted octanol–water partition coefficient (Wildman–Crippen LogP) is 3.38. The highest BCUT2D eigenvalue weighted by Crippen LogP contribution is 2.22. The smallest absolute Gasteiger partial charge is 0.277 e. The molecule has 110 valence electrons. The van der Waals surface area contributed by atoms with Crippen LogP contribution >= 0.6 is 23.2 Å². The number of rotatable bonds is 3. The van der Waals surface area contributed by atoms with Crippen LogP contribution in [0.15, 0.2) is 47.8 Å². The molecule has 0 saturated heterocycles. The Kier molecular flexibility index (Phi) is 6.93. The normalized spacial score (nSPS) is 9.81. The second-order valence-corrected chi connectivity index (χ2v) is 4.31. The number of nitrogens with zero attached hydrogens (tertiary/aromatic N) is 3. The van der Waals surface area contributed by atoms with E-state index in [1.165, 1.54) is 0 Å². The average molecular weight is 330 g/mol. The van der Waals surface area contributed by atoms with Gasteiger partial charge in [-0.1, -0.05) is 29.3 Å². The Labute approximate surface area is 130 Å². The molecule has 2 aromatic rings. The number of pyridine rings is 1. The Bertz CT molecular complexity index is 599. The second kappa shape index (κ2) is 8.72. The summed E-state index contributed by atoms with van der Waals surface area (Å²) in [5, 5.41) is 17.7. The topological polar surface area (TPSA) is 97.8 Å². The highest BCUT2D eigenvalue weighted by atomic mass is 35.5. The van der Waals surface area contributed by atoms with E-state index in [4.69, 9.17) is 38.5 Å². The fourth-order valence-electron chi connectivity index (χ4n) is 1.23. The number of benzene rings is 1. The van der Waals surface area contributed by atoms with Gasteiger partial charge in [-0.3, -0.25) is 10.4 Å². The first-order valence-electron chi connectivity index (χ1n) is 5.49. The van der Waals surface area contributed by atoms with Crippen LogP contribution < -0.4 is 5.43 Å². The Morgan fingerprint density at radius 2 is 1.81 bits per heavy atom. The molecule has 1 aromatic carbocycles. The lowest BCUT2D eigenvalue weighted by Gasteiger charge is -2.01. The van der Waals surface area contributed by atoms with Crippen LogP contribution in [0.2, 0.25) is 10.0 Å². The van der Waals surface area contributed by atoms with E-state index in [9.17, 15) is 0 Å². The molecule has 3 N–H and O–H groups in total. The van der Waals surface area contributed by atoms with Gasteiger partial charge >= 0.3 is 5.09 Å². The number of halogens is 2. The van der Waals surface area contributed by atoms with Crippen LogP contribution in [-0.2, 0) is 0 Å². The molecule has 0 saturated carbocycles. The number of hydrogen-bond acceptors (Lipinski definition) is 4. The molecular formula is C12H11Cl2N4O3+. The minimum absolute atomic E-state index is 0.564. The van der Waals surface area contributed by atoms with Crippen molar-refractivity contribution in [1.29, 1.82) is 0 Å². The molecule has 0 aliphatic heterocycles. The Balaban J connectivity index is 0.000000491. The van der Waals surface area contributed by atoms with E-state index in [2.05, 4.69) is 15.5 Å². The van der Waals surface area contributed by atoms with Gasteiger partial charge in [-0.25, -0.2) is 10.4 Å². The minimum atomic E-state index is -1.25. The van der Waals surface area contributed by atoms with Gasteiger partial charge in [-0.15, -0.1) is 0 Å². The number of anilines is 1. The van der Waals surface area contributed by atoms with Gasteiger partial charge in [0.1, 0.15) is 4.91 Å². The zero-order valence-electron chi connectivity index (χ0n) is 10.5. The van der Waals surface area contributed by atoms with Crippen LogP contribution in [0.4, 0.5) is 5.69 Å². The van der Waals surface area contributed by atoms with Crippen LogP contribution in [0.25, 0.3) is 0 Å². The quantitative estimate of drug-likeness (QED) is 0.592. The molecule has 0 bridgehead atoms. The molecule has 0 fully saturated rings. The predicted molar refractivity (Wildman–Crippen MR) is 79.1 cm³/mol. The third-order valence-corrected chi connectivity index (χ3v) is 2.71. The first-order chi connectivity index (χ1) is 10.0. The summed E-state index contributed by atoms with van der Waals surface area (Å²) in [5.41, 5.74) is 4.32. The number of hydrogen-bond donors (Lipinski definition) is 3. The maximum atomic E-state index is 8.47. The summed E-state index contributed by atoms with van der Waals surface area (Å²) in [7, 11) is 0. The highest BCUT2D eigenvalue weighted by molar-refractivity contribution is 6.38. The largest absolute Gasteiger partial charge is 0.472 e. The van der Waals surface area contributed by atoms with Gasteiger partial charge in [0.15, 0.2) is 0 Å². The average Bonchev–Trinajstić information content (AvgIpc) is 2.43. The zero-order chi connectivity index (χ0) is 15.7. The molecular weight excluding hydrogens is 319 g/mol. The van der Waals surface area contributed by atoms with Crippen molar-refractivity contribution >= 4 is 35.1 Å². The van der Waals surface area contributed by atoms with E-state index >= 15 is 0 Å². The SMILES string of the molecule is Clc1cccc(Cl)c1/C=N/Nc1cccnc1.O=[N+](O)O. The summed E-state index contributed by atoms with van der Waals surface area (Å²) in [6.07, 6.45) is 4.95. The summed E-state index contributed by atoms with van der Waals surface area (Å²) in [6, 6.07) is 8.99. The summed E-state index contributed by atoms with van der Waals surface area (Å²) in [6.45, 7) is 0. The standard InChI is InChI=1S/C12H9Cl2N3.H2NO3/c13-11-4-1-5-12(14)10(11)8-16-17-9-3-2-6-15-7-9;2-1(3)4/h1-8,17H;(H2,2,3,4)/q;+1/b16-8+;. The molecule has 0 unspecified atom stereocenters. The number of aromatic nitrogens is 1. The monoisotopic (exact) mass is 329 g/mol. The molecule has 0 aliphatic rings. The van der Waals surface area contributed by atoms with E-state index in [1.54, 1.807) is 36.8 Å². The van der Waals surface area contributed by atoms with Crippen molar-refractivity contribution in [3.63, 3.8) is 0 Å².